The van der Waals surface area contributed by atoms with E-state index >= 15 is 0 Å². The number of hydrogen-bond donors (Lipinski definition) is 3. The summed E-state index contributed by atoms with van der Waals surface area (Å²) >= 11 is 0. The molecule has 3 heterocycles. The van der Waals surface area contributed by atoms with Gasteiger partial charge in [-0.1, -0.05) is 0 Å². The van der Waals surface area contributed by atoms with Crippen LogP contribution in [0.2, 0.25) is 0 Å². The summed E-state index contributed by atoms with van der Waals surface area (Å²) in [5.41, 5.74) is -0.200. The van der Waals surface area contributed by atoms with E-state index in [4.69, 9.17) is 9.90 Å². The Morgan fingerprint density at radius 3 is 2.25 bits per heavy atom. The molecule has 10 nitrogen and oxygen atoms in total. The first-order valence-electron chi connectivity index (χ1n) is 12.2. The van der Waals surface area contributed by atoms with Gasteiger partial charge in [0, 0.05) is 25.8 Å². The van der Waals surface area contributed by atoms with Gasteiger partial charge in [0.25, 0.3) is 10.0 Å². The molecule has 0 spiro atoms. The van der Waals surface area contributed by atoms with Gasteiger partial charge in [-0.25, -0.2) is 31.8 Å². The van der Waals surface area contributed by atoms with E-state index in [1.807, 2.05) is 4.90 Å². The summed E-state index contributed by atoms with van der Waals surface area (Å²) < 4.78 is 86.7. The average Bonchev–Trinajstić information content (AvgIpc) is 3.38. The number of aliphatic carboxylic acids is 1. The van der Waals surface area contributed by atoms with Crippen LogP contribution in [0, 0.1) is 17.6 Å². The fourth-order valence-corrected chi connectivity index (χ4v) is 5.55. The Morgan fingerprint density at radius 1 is 1.02 bits per heavy atom. The van der Waals surface area contributed by atoms with E-state index in [2.05, 4.69) is 14.6 Å². The zero-order chi connectivity index (χ0) is 29.7. The SMILES string of the molecule is O=C(O)C(F)(F)F.O=C(O)c1cnc(N2CCCC(CN3CCCC3)C2)c(NS(=O)(=O)c2ccc(F)c(F)c2)c1. The number of alkyl halides is 3. The van der Waals surface area contributed by atoms with Crippen LogP contribution in [-0.4, -0.2) is 79.4 Å². The third-order valence-corrected chi connectivity index (χ3v) is 7.70. The van der Waals surface area contributed by atoms with Crippen molar-refractivity contribution in [1.82, 2.24) is 9.88 Å². The van der Waals surface area contributed by atoms with Gasteiger partial charge in [0.05, 0.1) is 16.1 Å². The van der Waals surface area contributed by atoms with Gasteiger partial charge in [0.1, 0.15) is 0 Å². The van der Waals surface area contributed by atoms with Crippen LogP contribution in [0.3, 0.4) is 0 Å². The van der Waals surface area contributed by atoms with E-state index in [1.54, 1.807) is 0 Å². The van der Waals surface area contributed by atoms with Gasteiger partial charge in [0.15, 0.2) is 17.5 Å². The maximum absolute atomic E-state index is 13.6. The highest BCUT2D eigenvalue weighted by Crippen LogP contribution is 2.31. The summed E-state index contributed by atoms with van der Waals surface area (Å²) in [6.07, 6.45) is 0.457. The van der Waals surface area contributed by atoms with Gasteiger partial charge in [-0.15, -0.1) is 0 Å². The Kier molecular flexibility index (Phi) is 9.89. The molecule has 16 heteroatoms. The van der Waals surface area contributed by atoms with E-state index in [9.17, 15) is 40.3 Å². The van der Waals surface area contributed by atoms with Gasteiger partial charge in [0.2, 0.25) is 0 Å². The van der Waals surface area contributed by atoms with Crippen molar-refractivity contribution in [2.24, 2.45) is 5.92 Å². The van der Waals surface area contributed by atoms with Crippen molar-refractivity contribution in [2.45, 2.75) is 36.8 Å². The summed E-state index contributed by atoms with van der Waals surface area (Å²) in [4.78, 5) is 28.6. The smallest absolute Gasteiger partial charge is 0.478 e. The molecule has 2 fully saturated rings. The van der Waals surface area contributed by atoms with Crippen LogP contribution >= 0.6 is 0 Å². The highest BCUT2D eigenvalue weighted by atomic mass is 32.2. The van der Waals surface area contributed by atoms with Crippen LogP contribution in [0.4, 0.5) is 33.5 Å². The van der Waals surface area contributed by atoms with E-state index < -0.39 is 44.7 Å². The molecule has 3 N–H and O–H groups in total. The Hall–Kier alpha value is -3.53. The van der Waals surface area contributed by atoms with E-state index in [0.717, 1.165) is 44.6 Å². The number of piperidine rings is 1. The summed E-state index contributed by atoms with van der Waals surface area (Å²) in [6.45, 7) is 4.44. The van der Waals surface area contributed by atoms with E-state index in [-0.39, 0.29) is 11.3 Å². The summed E-state index contributed by atoms with van der Waals surface area (Å²) in [7, 11) is -4.31. The first kappa shape index (κ1) is 31.0. The Morgan fingerprint density at radius 2 is 1.68 bits per heavy atom. The van der Waals surface area contributed by atoms with Crippen LogP contribution in [-0.2, 0) is 14.8 Å². The first-order chi connectivity index (χ1) is 18.7. The number of pyridine rings is 1. The second-order valence-electron chi connectivity index (χ2n) is 9.35. The normalized spacial score (nSPS) is 18.1. The third-order valence-electron chi connectivity index (χ3n) is 6.34. The standard InChI is InChI=1S/C22H26F2N4O4S.C2HF3O2/c23-18-6-5-17(11-19(18)24)33(31,32)26-20-10-16(22(29)30)12-25-21(20)28-9-3-4-15(14-28)13-27-7-1-2-8-27;3-2(4,5)1(6)7/h5-6,10-12,15,26H,1-4,7-9,13-14H2,(H,29,30);(H,6,7). The number of halogens is 5. The molecule has 0 radical (unpaired) electrons. The number of hydrogen-bond acceptors (Lipinski definition) is 7. The number of sulfonamides is 1. The Labute approximate surface area is 226 Å². The van der Waals surface area contributed by atoms with Gasteiger partial charge in [-0.2, -0.15) is 13.2 Å². The molecule has 1 atom stereocenters. The van der Waals surface area contributed by atoms with Gasteiger partial charge >= 0.3 is 18.1 Å². The maximum Gasteiger partial charge on any atom is 0.490 e. The lowest BCUT2D eigenvalue weighted by molar-refractivity contribution is -0.192. The van der Waals surface area contributed by atoms with Crippen LogP contribution in [0.25, 0.3) is 0 Å². The molecule has 0 aliphatic carbocycles. The molecule has 220 valence electrons. The molecule has 2 aromatic rings. The van der Waals surface area contributed by atoms with Gasteiger partial charge in [-0.05, 0) is 69.0 Å². The summed E-state index contributed by atoms with van der Waals surface area (Å²) in [5, 5.41) is 16.5. The van der Waals surface area contributed by atoms with Crippen molar-refractivity contribution >= 4 is 33.5 Å². The third kappa shape index (κ3) is 8.24. The Bertz CT molecular complexity index is 1340. The van der Waals surface area contributed by atoms with Gasteiger partial charge < -0.3 is 20.0 Å². The molecular formula is C24H27F5N4O6S. The maximum atomic E-state index is 13.6. The number of rotatable bonds is 7. The summed E-state index contributed by atoms with van der Waals surface area (Å²) in [6, 6.07) is 3.46. The van der Waals surface area contributed by atoms with Crippen molar-refractivity contribution in [3.63, 3.8) is 0 Å². The van der Waals surface area contributed by atoms with Crippen LogP contribution in [0.5, 0.6) is 0 Å². The zero-order valence-corrected chi connectivity index (χ0v) is 21.8. The van der Waals surface area contributed by atoms with Gasteiger partial charge in [-0.3, -0.25) is 4.72 Å². The van der Waals surface area contributed by atoms with Crippen molar-refractivity contribution in [3.8, 4) is 0 Å². The summed E-state index contributed by atoms with van der Waals surface area (Å²) in [5.74, 6) is -5.77. The van der Waals surface area contributed by atoms with Crippen LogP contribution in [0.1, 0.15) is 36.0 Å². The number of aromatic nitrogens is 1. The molecule has 0 bridgehead atoms. The minimum Gasteiger partial charge on any atom is -0.478 e. The number of likely N-dealkylation sites (tertiary alicyclic amines) is 1. The monoisotopic (exact) mass is 594 g/mol. The quantitative estimate of drug-likeness (QED) is 0.409. The fourth-order valence-electron chi connectivity index (χ4n) is 4.49. The Balaban J connectivity index is 0.000000559. The molecule has 4 rings (SSSR count). The molecule has 2 aliphatic rings. The second kappa shape index (κ2) is 12.8. The van der Waals surface area contributed by atoms with Crippen molar-refractivity contribution in [2.75, 3.05) is 42.3 Å². The number of carboxylic acid groups (broad SMARTS) is 2. The van der Waals surface area contributed by atoms with E-state index in [0.29, 0.717) is 30.9 Å². The molecule has 0 amide bonds. The fraction of sp³-hybridized carbons (Fsp3) is 0.458. The minimum atomic E-state index is -5.08. The number of benzene rings is 1. The second-order valence-corrected chi connectivity index (χ2v) is 11.0. The predicted octanol–water partition coefficient (Wildman–Crippen LogP) is 3.80. The average molecular weight is 595 g/mol. The lowest BCUT2D eigenvalue weighted by Crippen LogP contribution is -2.41. The molecule has 1 aromatic heterocycles. The molecule has 0 saturated carbocycles. The van der Waals surface area contributed by atoms with Crippen LogP contribution in [0.15, 0.2) is 35.4 Å². The minimum absolute atomic E-state index is 0.0125. The lowest BCUT2D eigenvalue weighted by atomic mass is 9.97. The predicted molar refractivity (Wildman–Crippen MR) is 133 cm³/mol. The lowest BCUT2D eigenvalue weighted by Gasteiger charge is -2.36. The molecule has 1 unspecified atom stereocenters. The van der Waals surface area contributed by atoms with Crippen molar-refractivity contribution in [1.29, 1.82) is 0 Å². The number of aromatic carboxylic acids is 1. The van der Waals surface area contributed by atoms with Crippen molar-refractivity contribution in [3.05, 3.63) is 47.7 Å². The topological polar surface area (TPSA) is 140 Å². The number of anilines is 2. The molecular weight excluding hydrogens is 567 g/mol. The highest BCUT2D eigenvalue weighted by Gasteiger charge is 2.38. The molecule has 2 aliphatic heterocycles. The molecule has 2 saturated heterocycles. The zero-order valence-electron chi connectivity index (χ0n) is 21.0. The molecule has 40 heavy (non-hydrogen) atoms. The number of carboxylic acids is 2. The highest BCUT2D eigenvalue weighted by molar-refractivity contribution is 7.92. The number of carbonyl (C=O) groups is 2. The van der Waals surface area contributed by atoms with E-state index in [1.165, 1.54) is 25.1 Å². The number of nitrogens with zero attached hydrogens (tertiary/aromatic N) is 3. The molecule has 1 aromatic carbocycles. The van der Waals surface area contributed by atoms with Crippen LogP contribution < -0.4 is 9.62 Å². The number of nitrogens with one attached hydrogen (secondary N) is 1. The van der Waals surface area contributed by atoms with Crippen molar-refractivity contribution < 1.29 is 50.2 Å². The largest absolute Gasteiger partial charge is 0.490 e. The first-order valence-corrected chi connectivity index (χ1v) is 13.6.